The average Bonchev–Trinajstić information content (AvgIpc) is 3.35. The Bertz CT molecular complexity index is 1370. The van der Waals surface area contributed by atoms with Crippen LogP contribution in [0.4, 0.5) is 4.39 Å². The standard InChI is InChI=1S/C22H20FN3O3S2/c1-22(2,27)21-12-18(26(25-21)17-9-10-24-13-16(17)23)20-8-7-19(30-20)14-5-4-6-15(11-14)31(3,28)29/h4-13,27H,1-3H3. The Morgan fingerprint density at radius 2 is 1.84 bits per heavy atom. The molecule has 160 valence electrons. The number of aromatic nitrogens is 3. The van der Waals surface area contributed by atoms with Crippen LogP contribution in [0, 0.1) is 5.82 Å². The molecule has 3 heterocycles. The quantitative estimate of drug-likeness (QED) is 0.479. The molecule has 0 radical (unpaired) electrons. The number of hydrogen-bond acceptors (Lipinski definition) is 6. The summed E-state index contributed by atoms with van der Waals surface area (Å²) in [5, 5.41) is 14.9. The molecular weight excluding hydrogens is 437 g/mol. The van der Waals surface area contributed by atoms with Crippen LogP contribution in [-0.4, -0.2) is 34.5 Å². The van der Waals surface area contributed by atoms with Crippen molar-refractivity contribution in [3.63, 3.8) is 0 Å². The summed E-state index contributed by atoms with van der Waals surface area (Å²) in [6.07, 6.45) is 3.76. The van der Waals surface area contributed by atoms with Gasteiger partial charge in [0.2, 0.25) is 0 Å². The van der Waals surface area contributed by atoms with Crippen molar-refractivity contribution in [1.82, 2.24) is 14.8 Å². The van der Waals surface area contributed by atoms with Gasteiger partial charge in [-0.3, -0.25) is 4.98 Å². The molecule has 0 fully saturated rings. The Balaban J connectivity index is 1.84. The fraction of sp³-hybridized carbons (Fsp3) is 0.182. The second-order valence-corrected chi connectivity index (χ2v) is 10.8. The van der Waals surface area contributed by atoms with E-state index in [-0.39, 0.29) is 10.6 Å². The highest BCUT2D eigenvalue weighted by Gasteiger charge is 2.24. The summed E-state index contributed by atoms with van der Waals surface area (Å²) in [6.45, 7) is 3.23. The second-order valence-electron chi connectivity index (χ2n) is 7.68. The molecule has 4 aromatic rings. The number of sulfone groups is 1. The lowest BCUT2D eigenvalue weighted by Gasteiger charge is -2.13. The third-order valence-electron chi connectivity index (χ3n) is 4.72. The summed E-state index contributed by atoms with van der Waals surface area (Å²) in [7, 11) is -3.32. The third kappa shape index (κ3) is 4.30. The molecule has 0 amide bonds. The van der Waals surface area contributed by atoms with Gasteiger partial charge in [0.15, 0.2) is 15.7 Å². The Kier molecular flexibility index (Phi) is 5.28. The first-order valence-electron chi connectivity index (χ1n) is 9.37. The minimum Gasteiger partial charge on any atom is -0.384 e. The number of rotatable bonds is 5. The highest BCUT2D eigenvalue weighted by Crippen LogP contribution is 2.37. The van der Waals surface area contributed by atoms with Crippen molar-refractivity contribution >= 4 is 21.2 Å². The lowest BCUT2D eigenvalue weighted by Crippen LogP contribution is -2.16. The molecule has 0 unspecified atom stereocenters. The fourth-order valence-electron chi connectivity index (χ4n) is 3.09. The third-order valence-corrected chi connectivity index (χ3v) is 6.99. The Hall–Kier alpha value is -2.88. The second kappa shape index (κ2) is 7.67. The van der Waals surface area contributed by atoms with E-state index in [1.54, 1.807) is 38.1 Å². The Labute approximate surface area is 183 Å². The maximum Gasteiger partial charge on any atom is 0.175 e. The van der Waals surface area contributed by atoms with E-state index in [0.29, 0.717) is 11.4 Å². The summed E-state index contributed by atoms with van der Waals surface area (Å²) >= 11 is 1.42. The topological polar surface area (TPSA) is 85.1 Å². The first kappa shape index (κ1) is 21.4. The number of halogens is 1. The molecule has 0 saturated heterocycles. The number of pyridine rings is 1. The first-order chi connectivity index (χ1) is 14.5. The lowest BCUT2D eigenvalue weighted by atomic mass is 10.1. The predicted octanol–water partition coefficient (Wildman–Crippen LogP) is 4.43. The molecule has 0 atom stereocenters. The van der Waals surface area contributed by atoms with E-state index in [1.165, 1.54) is 34.5 Å². The normalized spacial score (nSPS) is 12.3. The minimum absolute atomic E-state index is 0.217. The molecule has 0 bridgehead atoms. The predicted molar refractivity (Wildman–Crippen MR) is 118 cm³/mol. The van der Waals surface area contributed by atoms with Gasteiger partial charge in [-0.05, 0) is 55.8 Å². The van der Waals surface area contributed by atoms with Gasteiger partial charge in [0, 0.05) is 17.3 Å². The van der Waals surface area contributed by atoms with Crippen LogP contribution in [0.1, 0.15) is 19.5 Å². The zero-order chi connectivity index (χ0) is 22.4. The van der Waals surface area contributed by atoms with Gasteiger partial charge in [-0.1, -0.05) is 12.1 Å². The highest BCUT2D eigenvalue weighted by molar-refractivity contribution is 7.90. The lowest BCUT2D eigenvalue weighted by molar-refractivity contribution is 0.0734. The molecule has 4 rings (SSSR count). The van der Waals surface area contributed by atoms with Crippen molar-refractivity contribution < 1.29 is 17.9 Å². The van der Waals surface area contributed by atoms with Crippen molar-refractivity contribution in [2.45, 2.75) is 24.3 Å². The molecule has 1 N–H and O–H groups in total. The Morgan fingerprint density at radius 1 is 1.10 bits per heavy atom. The van der Waals surface area contributed by atoms with Crippen molar-refractivity contribution in [1.29, 1.82) is 0 Å². The SMILES string of the molecule is CC(C)(O)c1cc(-c2ccc(-c3cccc(S(C)(=O)=O)c3)s2)n(-c2ccncc2F)n1. The number of benzene rings is 1. The van der Waals surface area contributed by atoms with Crippen molar-refractivity contribution in [3.05, 3.63) is 72.4 Å². The van der Waals surface area contributed by atoms with E-state index in [4.69, 9.17) is 0 Å². The number of nitrogens with zero attached hydrogens (tertiary/aromatic N) is 3. The van der Waals surface area contributed by atoms with Crippen LogP contribution in [0.3, 0.4) is 0 Å². The molecule has 0 aliphatic heterocycles. The summed E-state index contributed by atoms with van der Waals surface area (Å²) in [5.41, 5.74) is 0.774. The molecule has 0 saturated carbocycles. The average molecular weight is 458 g/mol. The van der Waals surface area contributed by atoms with Crippen LogP contribution in [0.25, 0.3) is 26.7 Å². The number of aliphatic hydroxyl groups is 1. The number of thiophene rings is 1. The molecule has 31 heavy (non-hydrogen) atoms. The monoisotopic (exact) mass is 457 g/mol. The molecule has 6 nitrogen and oxygen atoms in total. The van der Waals surface area contributed by atoms with Crippen LogP contribution >= 0.6 is 11.3 Å². The maximum absolute atomic E-state index is 14.5. The van der Waals surface area contributed by atoms with Crippen LogP contribution in [0.15, 0.2) is 65.8 Å². The summed E-state index contributed by atoms with van der Waals surface area (Å²) in [6, 6.07) is 13.7. The van der Waals surface area contributed by atoms with Gasteiger partial charge in [-0.25, -0.2) is 17.5 Å². The van der Waals surface area contributed by atoms with Gasteiger partial charge >= 0.3 is 0 Å². The smallest absolute Gasteiger partial charge is 0.175 e. The fourth-order valence-corrected chi connectivity index (χ4v) is 4.76. The molecule has 0 aliphatic rings. The molecule has 0 spiro atoms. The van der Waals surface area contributed by atoms with Crippen molar-refractivity contribution in [2.24, 2.45) is 0 Å². The van der Waals surface area contributed by atoms with E-state index in [0.717, 1.165) is 21.5 Å². The van der Waals surface area contributed by atoms with Crippen molar-refractivity contribution in [3.8, 4) is 26.7 Å². The van der Waals surface area contributed by atoms with Gasteiger partial charge in [0.05, 0.1) is 27.4 Å². The summed E-state index contributed by atoms with van der Waals surface area (Å²) in [5.74, 6) is -0.535. The number of hydrogen-bond donors (Lipinski definition) is 1. The van der Waals surface area contributed by atoms with Crippen LogP contribution in [0.2, 0.25) is 0 Å². The van der Waals surface area contributed by atoms with E-state index < -0.39 is 21.3 Å². The molecular formula is C22H20FN3O3S2. The van der Waals surface area contributed by atoms with E-state index in [2.05, 4.69) is 10.1 Å². The van der Waals surface area contributed by atoms with Crippen LogP contribution in [-0.2, 0) is 15.4 Å². The molecule has 0 aliphatic carbocycles. The molecule has 9 heteroatoms. The van der Waals surface area contributed by atoms with E-state index in [1.807, 2.05) is 18.2 Å². The molecule has 1 aromatic carbocycles. The summed E-state index contributed by atoms with van der Waals surface area (Å²) < 4.78 is 39.7. The van der Waals surface area contributed by atoms with Crippen LogP contribution in [0.5, 0.6) is 0 Å². The minimum atomic E-state index is -3.32. The van der Waals surface area contributed by atoms with Gasteiger partial charge in [-0.15, -0.1) is 11.3 Å². The van der Waals surface area contributed by atoms with Gasteiger partial charge in [0.25, 0.3) is 0 Å². The Morgan fingerprint density at radius 3 is 2.52 bits per heavy atom. The molecule has 3 aromatic heterocycles. The van der Waals surface area contributed by atoms with Gasteiger partial charge in [0.1, 0.15) is 11.3 Å². The first-order valence-corrected chi connectivity index (χ1v) is 12.1. The zero-order valence-electron chi connectivity index (χ0n) is 17.1. The largest absolute Gasteiger partial charge is 0.384 e. The van der Waals surface area contributed by atoms with E-state index in [9.17, 15) is 17.9 Å². The van der Waals surface area contributed by atoms with E-state index >= 15 is 0 Å². The van der Waals surface area contributed by atoms with Gasteiger partial charge < -0.3 is 5.11 Å². The van der Waals surface area contributed by atoms with Crippen molar-refractivity contribution in [2.75, 3.05) is 6.26 Å². The summed E-state index contributed by atoms with van der Waals surface area (Å²) in [4.78, 5) is 5.68. The maximum atomic E-state index is 14.5. The zero-order valence-corrected chi connectivity index (χ0v) is 18.7. The van der Waals surface area contributed by atoms with Gasteiger partial charge in [-0.2, -0.15) is 5.10 Å². The van der Waals surface area contributed by atoms with Crippen LogP contribution < -0.4 is 0 Å². The highest BCUT2D eigenvalue weighted by atomic mass is 32.2.